The molecule has 1 aromatic rings. The molecule has 4 N–H and O–H groups in total. The molecule has 0 spiro atoms. The minimum atomic E-state index is -0.853. The zero-order valence-electron chi connectivity index (χ0n) is 11.7. The van der Waals surface area contributed by atoms with E-state index in [1.54, 1.807) is 0 Å². The maximum Gasteiger partial charge on any atom is 0.135 e. The molecular weight excluding hydrogens is 244 g/mol. The van der Waals surface area contributed by atoms with Gasteiger partial charge >= 0.3 is 0 Å². The van der Waals surface area contributed by atoms with Crippen molar-refractivity contribution in [2.75, 3.05) is 24.2 Å². The lowest BCUT2D eigenvalue weighted by atomic mass is 9.96. The Labute approximate surface area is 113 Å². The lowest BCUT2D eigenvalue weighted by molar-refractivity contribution is -0.0176. The molecule has 0 saturated carbocycles. The van der Waals surface area contributed by atoms with E-state index in [0.29, 0.717) is 31.2 Å². The van der Waals surface area contributed by atoms with E-state index in [0.717, 1.165) is 5.56 Å². The number of nitrogens with zero attached hydrogens (tertiary/aromatic N) is 2. The van der Waals surface area contributed by atoms with Crippen LogP contribution in [0.3, 0.4) is 0 Å². The highest BCUT2D eigenvalue weighted by Crippen LogP contribution is 2.29. The van der Waals surface area contributed by atoms with Crippen molar-refractivity contribution in [3.63, 3.8) is 0 Å². The molecule has 2 rings (SSSR count). The molecule has 1 aromatic heterocycles. The maximum atomic E-state index is 10.5. The normalized spacial score (nSPS) is 26.9. The van der Waals surface area contributed by atoms with Crippen molar-refractivity contribution in [2.45, 2.75) is 44.8 Å². The van der Waals surface area contributed by atoms with Crippen LogP contribution in [0.2, 0.25) is 0 Å². The number of ether oxygens (including phenoxy) is 1. The van der Waals surface area contributed by atoms with Crippen molar-refractivity contribution >= 4 is 11.6 Å². The van der Waals surface area contributed by atoms with Crippen LogP contribution >= 0.6 is 0 Å². The van der Waals surface area contributed by atoms with Crippen molar-refractivity contribution in [1.82, 2.24) is 9.97 Å². The second kappa shape index (κ2) is 5.30. The average Bonchev–Trinajstić information content (AvgIpc) is 2.67. The van der Waals surface area contributed by atoms with Gasteiger partial charge in [-0.3, -0.25) is 0 Å². The van der Waals surface area contributed by atoms with Gasteiger partial charge in [0.05, 0.1) is 6.10 Å². The molecule has 0 radical (unpaired) electrons. The van der Waals surface area contributed by atoms with Gasteiger partial charge in [-0.15, -0.1) is 0 Å². The maximum absolute atomic E-state index is 10.5. The fourth-order valence-electron chi connectivity index (χ4n) is 2.36. The Morgan fingerprint density at radius 2 is 2.32 bits per heavy atom. The van der Waals surface area contributed by atoms with Crippen LogP contribution in [0.25, 0.3) is 0 Å². The van der Waals surface area contributed by atoms with Crippen molar-refractivity contribution in [3.05, 3.63) is 11.9 Å². The summed E-state index contributed by atoms with van der Waals surface area (Å²) in [6.07, 6.45) is 1.88. The second-order valence-electron chi connectivity index (χ2n) is 5.40. The van der Waals surface area contributed by atoms with Gasteiger partial charge in [-0.05, 0) is 12.8 Å². The molecule has 2 heterocycles. The average molecular weight is 266 g/mol. The van der Waals surface area contributed by atoms with Gasteiger partial charge in [0, 0.05) is 25.1 Å². The van der Waals surface area contributed by atoms with Crippen molar-refractivity contribution < 1.29 is 9.84 Å². The van der Waals surface area contributed by atoms with Crippen molar-refractivity contribution in [1.29, 1.82) is 0 Å². The zero-order valence-corrected chi connectivity index (χ0v) is 11.7. The number of nitrogens with two attached hydrogens (primary N) is 1. The van der Waals surface area contributed by atoms with Crippen molar-refractivity contribution in [3.8, 4) is 0 Å². The summed E-state index contributed by atoms with van der Waals surface area (Å²) < 4.78 is 5.41. The molecule has 1 aliphatic rings. The molecule has 1 aliphatic heterocycles. The molecular formula is C13H22N4O2. The third kappa shape index (κ3) is 2.79. The first-order chi connectivity index (χ1) is 8.94. The number of aromatic nitrogens is 2. The van der Waals surface area contributed by atoms with Gasteiger partial charge in [0.25, 0.3) is 0 Å². The van der Waals surface area contributed by atoms with Crippen LogP contribution in [0.1, 0.15) is 38.7 Å². The summed E-state index contributed by atoms with van der Waals surface area (Å²) >= 11 is 0. The van der Waals surface area contributed by atoms with E-state index >= 15 is 0 Å². The molecule has 0 aromatic carbocycles. The molecule has 1 saturated heterocycles. The molecule has 6 heteroatoms. The topological polar surface area (TPSA) is 93.3 Å². The summed E-state index contributed by atoms with van der Waals surface area (Å²) in [5, 5.41) is 13.6. The van der Waals surface area contributed by atoms with Crippen LogP contribution < -0.4 is 11.1 Å². The first kappa shape index (κ1) is 14.0. The zero-order chi connectivity index (χ0) is 14.0. The third-order valence-corrected chi connectivity index (χ3v) is 3.71. The van der Waals surface area contributed by atoms with Crippen LogP contribution in [-0.2, 0) is 4.74 Å². The number of nitrogen functional groups attached to an aromatic ring is 1. The SMILES string of the molecule is CC(C)c1c(N)ncnc1NCC1(O)CCOC1C. The number of nitrogens with one attached hydrogen (secondary N) is 1. The first-order valence-electron chi connectivity index (χ1n) is 6.62. The Bertz CT molecular complexity index is 452. The van der Waals surface area contributed by atoms with Crippen LogP contribution in [0.15, 0.2) is 6.33 Å². The van der Waals surface area contributed by atoms with Gasteiger partial charge in [0.15, 0.2) is 0 Å². The van der Waals surface area contributed by atoms with E-state index in [9.17, 15) is 5.11 Å². The standard InChI is InChI=1S/C13H22N4O2/c1-8(2)10-11(14)16-7-17-12(10)15-6-13(18)4-5-19-9(13)3/h7-9,18H,4-6H2,1-3H3,(H3,14,15,16,17). The van der Waals surface area contributed by atoms with Gasteiger partial charge in [0.1, 0.15) is 23.6 Å². The third-order valence-electron chi connectivity index (χ3n) is 3.71. The highest BCUT2D eigenvalue weighted by Gasteiger charge is 2.39. The summed E-state index contributed by atoms with van der Waals surface area (Å²) in [6.45, 7) is 6.94. The Morgan fingerprint density at radius 3 is 2.89 bits per heavy atom. The van der Waals surface area contributed by atoms with E-state index in [-0.39, 0.29) is 12.0 Å². The van der Waals surface area contributed by atoms with Crippen LogP contribution in [0.4, 0.5) is 11.6 Å². The van der Waals surface area contributed by atoms with E-state index < -0.39 is 5.60 Å². The van der Waals surface area contributed by atoms with E-state index in [2.05, 4.69) is 15.3 Å². The Hall–Kier alpha value is -1.40. The monoisotopic (exact) mass is 266 g/mol. The van der Waals surface area contributed by atoms with Crippen LogP contribution in [-0.4, -0.2) is 39.9 Å². The van der Waals surface area contributed by atoms with Gasteiger partial charge in [-0.25, -0.2) is 9.97 Å². The highest BCUT2D eigenvalue weighted by atomic mass is 16.5. The molecule has 0 amide bonds. The van der Waals surface area contributed by atoms with Crippen molar-refractivity contribution in [2.24, 2.45) is 0 Å². The van der Waals surface area contributed by atoms with E-state index in [1.807, 2.05) is 20.8 Å². The number of aliphatic hydroxyl groups is 1. The molecule has 0 aliphatic carbocycles. The molecule has 0 bridgehead atoms. The summed E-state index contributed by atoms with van der Waals surface area (Å²) in [4.78, 5) is 8.24. The molecule has 19 heavy (non-hydrogen) atoms. The van der Waals surface area contributed by atoms with Gasteiger partial charge < -0.3 is 20.9 Å². The number of hydrogen-bond donors (Lipinski definition) is 3. The van der Waals surface area contributed by atoms with Gasteiger partial charge in [0.2, 0.25) is 0 Å². The molecule has 1 fully saturated rings. The molecule has 2 atom stereocenters. The lowest BCUT2D eigenvalue weighted by Crippen LogP contribution is -2.43. The largest absolute Gasteiger partial charge is 0.385 e. The van der Waals surface area contributed by atoms with Crippen LogP contribution in [0.5, 0.6) is 0 Å². The minimum Gasteiger partial charge on any atom is -0.385 e. The fourth-order valence-corrected chi connectivity index (χ4v) is 2.36. The number of rotatable bonds is 4. The predicted octanol–water partition coefficient (Wildman–Crippen LogP) is 1.13. The molecule has 2 unspecified atom stereocenters. The molecule has 106 valence electrons. The van der Waals surface area contributed by atoms with Crippen LogP contribution in [0, 0.1) is 0 Å². The van der Waals surface area contributed by atoms with Gasteiger partial charge in [-0.1, -0.05) is 13.8 Å². The Balaban J connectivity index is 2.14. The smallest absolute Gasteiger partial charge is 0.135 e. The highest BCUT2D eigenvalue weighted by molar-refractivity contribution is 5.56. The molecule has 6 nitrogen and oxygen atoms in total. The van der Waals surface area contributed by atoms with Gasteiger partial charge in [-0.2, -0.15) is 0 Å². The Morgan fingerprint density at radius 1 is 1.58 bits per heavy atom. The first-order valence-corrected chi connectivity index (χ1v) is 6.62. The second-order valence-corrected chi connectivity index (χ2v) is 5.40. The Kier molecular flexibility index (Phi) is 3.91. The lowest BCUT2D eigenvalue weighted by Gasteiger charge is -2.27. The van der Waals surface area contributed by atoms with E-state index in [1.165, 1.54) is 6.33 Å². The predicted molar refractivity (Wildman–Crippen MR) is 74.0 cm³/mol. The minimum absolute atomic E-state index is 0.179. The summed E-state index contributed by atoms with van der Waals surface area (Å²) in [5.74, 6) is 1.39. The number of hydrogen-bond acceptors (Lipinski definition) is 6. The summed E-state index contributed by atoms with van der Waals surface area (Å²) in [5.41, 5.74) is 5.92. The van der Waals surface area contributed by atoms with E-state index in [4.69, 9.17) is 10.5 Å². The summed E-state index contributed by atoms with van der Waals surface area (Å²) in [6, 6.07) is 0. The summed E-state index contributed by atoms with van der Waals surface area (Å²) in [7, 11) is 0. The fraction of sp³-hybridized carbons (Fsp3) is 0.692. The number of anilines is 2. The quantitative estimate of drug-likeness (QED) is 0.756.